The van der Waals surface area contributed by atoms with Crippen LogP contribution in [0.15, 0.2) is 24.3 Å². The maximum atomic E-state index is 11.4. The third kappa shape index (κ3) is 3.47. The number of ether oxygens (including phenoxy) is 1. The molecule has 0 aromatic heterocycles. The molecule has 2 unspecified atom stereocenters. The lowest BCUT2D eigenvalue weighted by Crippen LogP contribution is -2.24. The number of hydrogen-bond acceptors (Lipinski definition) is 2. The molecule has 18 heavy (non-hydrogen) atoms. The van der Waals surface area contributed by atoms with Crippen LogP contribution in [0, 0.1) is 0 Å². The summed E-state index contributed by atoms with van der Waals surface area (Å²) in [4.78, 5) is 11.4. The summed E-state index contributed by atoms with van der Waals surface area (Å²) in [5.41, 5.74) is 0.793. The molecule has 0 radical (unpaired) electrons. The van der Waals surface area contributed by atoms with Crippen LogP contribution in [-0.2, 0) is 9.53 Å². The highest BCUT2D eigenvalue weighted by Crippen LogP contribution is 2.27. The predicted octanol–water partition coefficient (Wildman–Crippen LogP) is 3.47. The lowest BCUT2D eigenvalue weighted by atomic mass is 9.91. The van der Waals surface area contributed by atoms with E-state index in [4.69, 9.17) is 16.3 Å². The Morgan fingerprint density at radius 3 is 2.67 bits per heavy atom. The topological polar surface area (TPSA) is 46.5 Å². The lowest BCUT2D eigenvalue weighted by molar-refractivity contribution is -0.140. The fraction of sp³-hybridized carbons (Fsp3) is 0.500. The van der Waals surface area contributed by atoms with Gasteiger partial charge in [0.2, 0.25) is 0 Å². The highest BCUT2D eigenvalue weighted by atomic mass is 35.5. The summed E-state index contributed by atoms with van der Waals surface area (Å²) in [5.74, 6) is -1.31. The van der Waals surface area contributed by atoms with Gasteiger partial charge in [0.15, 0.2) is 0 Å². The van der Waals surface area contributed by atoms with Gasteiger partial charge in [-0.3, -0.25) is 4.79 Å². The van der Waals surface area contributed by atoms with Crippen LogP contribution in [0.5, 0.6) is 0 Å². The van der Waals surface area contributed by atoms with Crippen LogP contribution in [0.3, 0.4) is 0 Å². The van der Waals surface area contributed by atoms with Crippen LogP contribution in [0.2, 0.25) is 5.02 Å². The Kier molecular flexibility index (Phi) is 4.61. The highest BCUT2D eigenvalue weighted by molar-refractivity contribution is 6.30. The molecular weight excluding hydrogens is 252 g/mol. The average Bonchev–Trinajstić information content (AvgIpc) is 2.38. The average molecular weight is 269 g/mol. The Hall–Kier alpha value is -1.06. The summed E-state index contributed by atoms with van der Waals surface area (Å²) in [5, 5.41) is 9.96. The van der Waals surface area contributed by atoms with E-state index in [1.165, 1.54) is 0 Å². The Morgan fingerprint density at radius 1 is 1.39 bits per heavy atom. The Bertz CT molecular complexity index is 396. The van der Waals surface area contributed by atoms with Gasteiger partial charge in [-0.15, -0.1) is 0 Å². The second-order valence-corrected chi connectivity index (χ2v) is 5.10. The molecule has 98 valence electrons. The summed E-state index contributed by atoms with van der Waals surface area (Å²) < 4.78 is 5.61. The quantitative estimate of drug-likeness (QED) is 0.910. The number of halogens is 1. The van der Waals surface area contributed by atoms with Crippen molar-refractivity contribution in [3.8, 4) is 0 Å². The molecule has 1 fully saturated rings. The molecule has 0 aliphatic carbocycles. The van der Waals surface area contributed by atoms with Crippen LogP contribution in [0.4, 0.5) is 0 Å². The van der Waals surface area contributed by atoms with Crippen LogP contribution < -0.4 is 0 Å². The monoisotopic (exact) mass is 268 g/mol. The first kappa shape index (κ1) is 13.4. The van der Waals surface area contributed by atoms with E-state index in [0.717, 1.165) is 31.4 Å². The van der Waals surface area contributed by atoms with Gasteiger partial charge in [-0.1, -0.05) is 23.7 Å². The molecule has 4 heteroatoms. The molecule has 1 N–H and O–H groups in total. The maximum absolute atomic E-state index is 11.4. The highest BCUT2D eigenvalue weighted by Gasteiger charge is 2.25. The van der Waals surface area contributed by atoms with Crippen molar-refractivity contribution in [1.29, 1.82) is 0 Å². The summed E-state index contributed by atoms with van der Waals surface area (Å²) in [6, 6.07) is 7.02. The van der Waals surface area contributed by atoms with E-state index in [9.17, 15) is 9.90 Å². The van der Waals surface area contributed by atoms with Crippen LogP contribution in [0.25, 0.3) is 0 Å². The van der Waals surface area contributed by atoms with Gasteiger partial charge in [0.1, 0.15) is 0 Å². The fourth-order valence-electron chi connectivity index (χ4n) is 2.33. The summed E-state index contributed by atoms with van der Waals surface area (Å²) in [7, 11) is 0. The third-order valence-electron chi connectivity index (χ3n) is 3.34. The second-order valence-electron chi connectivity index (χ2n) is 4.67. The van der Waals surface area contributed by atoms with E-state index in [1.807, 2.05) is 0 Å². The zero-order valence-electron chi connectivity index (χ0n) is 10.1. The lowest BCUT2D eigenvalue weighted by Gasteiger charge is -2.25. The molecule has 1 aliphatic rings. The van der Waals surface area contributed by atoms with E-state index in [1.54, 1.807) is 24.3 Å². The first-order chi connectivity index (χ1) is 8.66. The maximum Gasteiger partial charge on any atom is 0.311 e. The fourth-order valence-corrected chi connectivity index (χ4v) is 2.46. The van der Waals surface area contributed by atoms with Gasteiger partial charge >= 0.3 is 5.97 Å². The largest absolute Gasteiger partial charge is 0.481 e. The third-order valence-corrected chi connectivity index (χ3v) is 3.60. The van der Waals surface area contributed by atoms with Crippen molar-refractivity contribution in [2.24, 2.45) is 0 Å². The number of hydrogen-bond donors (Lipinski definition) is 1. The molecule has 1 saturated heterocycles. The first-order valence-corrected chi connectivity index (χ1v) is 6.64. The second kappa shape index (κ2) is 6.21. The summed E-state index contributed by atoms with van der Waals surface area (Å²) >= 11 is 5.82. The predicted molar refractivity (Wildman–Crippen MR) is 70.0 cm³/mol. The van der Waals surface area contributed by atoms with Gasteiger partial charge in [0.05, 0.1) is 12.0 Å². The van der Waals surface area contributed by atoms with Crippen molar-refractivity contribution in [2.45, 2.75) is 37.7 Å². The summed E-state index contributed by atoms with van der Waals surface area (Å²) in [6.07, 6.45) is 3.76. The number of carboxylic acids is 1. The smallest absolute Gasteiger partial charge is 0.311 e. The minimum atomic E-state index is -0.800. The van der Waals surface area contributed by atoms with Crippen molar-refractivity contribution in [1.82, 2.24) is 0 Å². The normalized spacial score (nSPS) is 21.5. The molecule has 1 aromatic carbocycles. The van der Waals surface area contributed by atoms with Crippen LogP contribution in [0.1, 0.15) is 37.2 Å². The Balaban J connectivity index is 2.07. The van der Waals surface area contributed by atoms with Crippen molar-refractivity contribution >= 4 is 17.6 Å². The molecule has 0 spiro atoms. The number of rotatable bonds is 4. The van der Waals surface area contributed by atoms with E-state index >= 15 is 0 Å². The van der Waals surface area contributed by atoms with Gasteiger partial charge in [-0.2, -0.15) is 0 Å². The van der Waals surface area contributed by atoms with Gasteiger partial charge in [-0.05, 0) is 43.4 Å². The van der Waals surface area contributed by atoms with Gasteiger partial charge in [0, 0.05) is 11.6 Å². The van der Waals surface area contributed by atoms with Crippen LogP contribution >= 0.6 is 11.6 Å². The van der Waals surface area contributed by atoms with E-state index in [-0.39, 0.29) is 6.10 Å². The summed E-state index contributed by atoms with van der Waals surface area (Å²) in [6.45, 7) is 0.748. The number of carboxylic acid groups (broad SMARTS) is 1. The molecule has 1 aromatic rings. The van der Waals surface area contributed by atoms with Crippen molar-refractivity contribution in [3.63, 3.8) is 0 Å². The standard InChI is InChI=1S/C14H17ClO3/c15-11-6-4-10(5-7-11)13(14(16)17)9-12-3-1-2-8-18-12/h4-7,12-13H,1-3,8-9H2,(H,16,17). The zero-order valence-corrected chi connectivity index (χ0v) is 10.9. The van der Waals surface area contributed by atoms with Crippen molar-refractivity contribution < 1.29 is 14.6 Å². The molecule has 2 atom stereocenters. The minimum Gasteiger partial charge on any atom is -0.481 e. The molecule has 3 nitrogen and oxygen atoms in total. The van der Waals surface area contributed by atoms with Crippen molar-refractivity contribution in [2.75, 3.05) is 6.61 Å². The van der Waals surface area contributed by atoms with Gasteiger partial charge in [0.25, 0.3) is 0 Å². The van der Waals surface area contributed by atoms with E-state index in [2.05, 4.69) is 0 Å². The van der Waals surface area contributed by atoms with E-state index in [0.29, 0.717) is 11.4 Å². The van der Waals surface area contributed by atoms with Gasteiger partial charge < -0.3 is 9.84 Å². The molecule has 0 amide bonds. The zero-order chi connectivity index (χ0) is 13.0. The number of carbonyl (C=O) groups is 1. The molecule has 2 rings (SSSR count). The number of benzene rings is 1. The van der Waals surface area contributed by atoms with Crippen LogP contribution in [-0.4, -0.2) is 23.8 Å². The van der Waals surface area contributed by atoms with Crippen molar-refractivity contribution in [3.05, 3.63) is 34.9 Å². The molecule has 0 bridgehead atoms. The Morgan fingerprint density at radius 2 is 2.11 bits per heavy atom. The van der Waals surface area contributed by atoms with E-state index < -0.39 is 11.9 Å². The van der Waals surface area contributed by atoms with Gasteiger partial charge in [-0.25, -0.2) is 0 Å². The first-order valence-electron chi connectivity index (χ1n) is 6.26. The Labute approximate surface area is 112 Å². The SMILES string of the molecule is O=C(O)C(CC1CCCCO1)c1ccc(Cl)cc1. The molecular formula is C14H17ClO3. The number of aliphatic carboxylic acids is 1. The molecule has 1 heterocycles. The minimum absolute atomic E-state index is 0.0653. The molecule has 0 saturated carbocycles. The molecule has 1 aliphatic heterocycles.